The Morgan fingerprint density at radius 3 is 2.87 bits per heavy atom. The smallest absolute Gasteiger partial charge is 0.166 e. The number of nitrogens with two attached hydrogens (primary N) is 2. The number of hydrogen-bond donors (Lipinski definition) is 2. The minimum Gasteiger partial charge on any atom is -0.482 e. The molecule has 1 aliphatic heterocycles. The van der Waals surface area contributed by atoms with E-state index in [1.807, 2.05) is 25.5 Å². The number of halogens is 1. The van der Waals surface area contributed by atoms with Gasteiger partial charge in [0.05, 0.1) is 23.4 Å². The van der Waals surface area contributed by atoms with Gasteiger partial charge in [-0.2, -0.15) is 0 Å². The summed E-state index contributed by atoms with van der Waals surface area (Å²) >= 11 is 0. The Balaban J connectivity index is 2.01. The number of hydrogen-bond acceptors (Lipinski definition) is 6. The summed E-state index contributed by atoms with van der Waals surface area (Å²) in [7, 11) is 1.91. The number of nitrogen functional groups attached to an aromatic ring is 1. The number of aliphatic imine (C=N–C) groups is 1. The molecule has 31 heavy (non-hydrogen) atoms. The molecule has 8 heteroatoms. The van der Waals surface area contributed by atoms with E-state index in [9.17, 15) is 4.39 Å². The average molecular weight is 420 g/mol. The van der Waals surface area contributed by atoms with E-state index in [0.717, 1.165) is 28.1 Å². The van der Waals surface area contributed by atoms with Gasteiger partial charge < -0.3 is 20.8 Å². The molecule has 0 aliphatic carbocycles. The van der Waals surface area contributed by atoms with Crippen molar-refractivity contribution in [3.05, 3.63) is 71.2 Å². The first kappa shape index (κ1) is 20.6. The van der Waals surface area contributed by atoms with Crippen molar-refractivity contribution >= 4 is 11.5 Å². The van der Waals surface area contributed by atoms with Crippen LogP contribution in [0.3, 0.4) is 0 Å². The highest BCUT2D eigenvalue weighted by atomic mass is 19.1. The number of ether oxygens (including phenoxy) is 1. The van der Waals surface area contributed by atoms with Crippen molar-refractivity contribution in [3.8, 4) is 17.0 Å². The number of aryl methyl sites for hydroxylation is 1. The van der Waals surface area contributed by atoms with Gasteiger partial charge in [0.2, 0.25) is 0 Å². The van der Waals surface area contributed by atoms with Gasteiger partial charge in [0, 0.05) is 42.9 Å². The summed E-state index contributed by atoms with van der Waals surface area (Å²) in [6.45, 7) is 4.39. The molecule has 0 amide bonds. The third-order valence-corrected chi connectivity index (χ3v) is 5.36. The molecule has 0 radical (unpaired) electrons. The minimum atomic E-state index is -0.483. The topological polar surface area (TPSA) is 104 Å². The van der Waals surface area contributed by atoms with Crippen LogP contribution in [0.2, 0.25) is 0 Å². The van der Waals surface area contributed by atoms with Gasteiger partial charge in [-0.15, -0.1) is 0 Å². The Hall–Kier alpha value is -3.68. The number of benzene rings is 1. The molecule has 4 rings (SSSR count). The van der Waals surface area contributed by atoms with Crippen LogP contribution in [-0.4, -0.2) is 26.8 Å². The van der Waals surface area contributed by atoms with Crippen molar-refractivity contribution in [1.82, 2.24) is 14.5 Å². The first-order chi connectivity index (χ1) is 14.9. The summed E-state index contributed by atoms with van der Waals surface area (Å²) in [6.07, 6.45) is 4.92. The van der Waals surface area contributed by atoms with E-state index < -0.39 is 6.10 Å². The Labute approximate surface area is 180 Å². The lowest BCUT2D eigenvalue weighted by atomic mass is 9.94. The van der Waals surface area contributed by atoms with E-state index >= 15 is 0 Å². The summed E-state index contributed by atoms with van der Waals surface area (Å²) in [6, 6.07) is 6.48. The average Bonchev–Trinajstić information content (AvgIpc) is 3.11. The number of anilines is 1. The highest BCUT2D eigenvalue weighted by Gasteiger charge is 2.24. The van der Waals surface area contributed by atoms with Crippen LogP contribution in [0.25, 0.3) is 11.3 Å². The van der Waals surface area contributed by atoms with E-state index in [1.54, 1.807) is 30.9 Å². The van der Waals surface area contributed by atoms with E-state index in [4.69, 9.17) is 16.2 Å². The van der Waals surface area contributed by atoms with E-state index in [1.165, 1.54) is 12.1 Å². The van der Waals surface area contributed by atoms with E-state index in [-0.39, 0.29) is 11.6 Å². The van der Waals surface area contributed by atoms with Crippen molar-refractivity contribution in [1.29, 1.82) is 0 Å². The number of allylic oxidation sites excluding steroid dienone is 1. The van der Waals surface area contributed by atoms with Crippen molar-refractivity contribution in [2.75, 3.05) is 12.3 Å². The molecule has 0 saturated carbocycles. The van der Waals surface area contributed by atoms with Crippen LogP contribution in [0.4, 0.5) is 10.2 Å². The number of nitrogens with zero attached hydrogens (tertiary/aromatic N) is 4. The quantitative estimate of drug-likeness (QED) is 0.626. The fourth-order valence-electron chi connectivity index (χ4n) is 3.91. The Kier molecular flexibility index (Phi) is 5.46. The van der Waals surface area contributed by atoms with E-state index in [0.29, 0.717) is 30.0 Å². The van der Waals surface area contributed by atoms with Crippen molar-refractivity contribution < 1.29 is 9.13 Å². The largest absolute Gasteiger partial charge is 0.482 e. The Bertz CT molecular complexity index is 1200. The number of aromatic nitrogens is 3. The molecule has 7 nitrogen and oxygen atoms in total. The first-order valence-electron chi connectivity index (χ1n) is 10.1. The van der Waals surface area contributed by atoms with Crippen LogP contribution in [0.15, 0.2) is 53.6 Å². The van der Waals surface area contributed by atoms with Crippen LogP contribution >= 0.6 is 0 Å². The SMILES string of the molecule is CCN=C1C(=CN)Cc2ncn(C)c2-c2ccc(F)cc2[C@@H](C)Oc2cc1cnc2N. The molecule has 2 bridgehead atoms. The number of pyridine rings is 1. The van der Waals surface area contributed by atoms with Gasteiger partial charge in [0.15, 0.2) is 11.6 Å². The maximum atomic E-state index is 14.2. The third kappa shape index (κ3) is 3.76. The van der Waals surface area contributed by atoms with Crippen LogP contribution < -0.4 is 16.2 Å². The molecule has 160 valence electrons. The standard InChI is InChI=1S/C23H25FN6O/c1-4-27-21-14(10-25)7-19-22(30(3)12-29-19)17-6-5-16(24)9-18(17)13(2)31-20-8-15(21)11-28-23(20)26/h5-6,8-13H,4,7,25H2,1-3H3,(H2,26,28)/t13-/m1/s1. The predicted octanol–water partition coefficient (Wildman–Crippen LogP) is 3.55. The molecular formula is C23H25FN6O. The van der Waals surface area contributed by atoms with Crippen LogP contribution in [0, 0.1) is 5.82 Å². The Morgan fingerprint density at radius 2 is 2.13 bits per heavy atom. The lowest BCUT2D eigenvalue weighted by Gasteiger charge is -2.22. The molecule has 1 aliphatic rings. The second-order valence-electron chi connectivity index (χ2n) is 7.44. The highest BCUT2D eigenvalue weighted by molar-refractivity contribution is 6.13. The van der Waals surface area contributed by atoms with Gasteiger partial charge in [0.25, 0.3) is 0 Å². The van der Waals surface area contributed by atoms with Crippen LogP contribution in [0.1, 0.15) is 36.8 Å². The lowest BCUT2D eigenvalue weighted by molar-refractivity contribution is 0.227. The number of fused-ring (bicyclic) bond motifs is 5. The third-order valence-electron chi connectivity index (χ3n) is 5.36. The maximum absolute atomic E-state index is 14.2. The molecule has 4 N–H and O–H groups in total. The first-order valence-corrected chi connectivity index (χ1v) is 10.1. The van der Waals surface area contributed by atoms with Crippen LogP contribution in [-0.2, 0) is 13.5 Å². The van der Waals surface area contributed by atoms with Crippen molar-refractivity contribution in [2.24, 2.45) is 17.8 Å². The molecule has 0 fully saturated rings. The molecule has 0 saturated heterocycles. The molecular weight excluding hydrogens is 395 g/mol. The minimum absolute atomic E-state index is 0.251. The summed E-state index contributed by atoms with van der Waals surface area (Å²) in [5, 5.41) is 0. The molecule has 1 atom stereocenters. The van der Waals surface area contributed by atoms with Gasteiger partial charge in [-0.05, 0) is 49.9 Å². The predicted molar refractivity (Wildman–Crippen MR) is 119 cm³/mol. The zero-order valence-electron chi connectivity index (χ0n) is 17.8. The van der Waals surface area contributed by atoms with E-state index in [2.05, 4.69) is 15.0 Å². The van der Waals surface area contributed by atoms with Crippen LogP contribution in [0.5, 0.6) is 5.75 Å². The zero-order valence-corrected chi connectivity index (χ0v) is 17.8. The second kappa shape index (κ2) is 8.22. The monoisotopic (exact) mass is 420 g/mol. The Morgan fingerprint density at radius 1 is 1.32 bits per heavy atom. The zero-order chi connectivity index (χ0) is 22.1. The second-order valence-corrected chi connectivity index (χ2v) is 7.44. The van der Waals surface area contributed by atoms with Gasteiger partial charge in [-0.3, -0.25) is 4.99 Å². The van der Waals surface area contributed by atoms with Gasteiger partial charge in [0.1, 0.15) is 11.9 Å². The fourth-order valence-corrected chi connectivity index (χ4v) is 3.91. The molecule has 0 spiro atoms. The molecule has 1 aromatic carbocycles. The fraction of sp³-hybridized carbons (Fsp3) is 0.261. The summed E-state index contributed by atoms with van der Waals surface area (Å²) in [5.41, 5.74) is 17.6. The summed E-state index contributed by atoms with van der Waals surface area (Å²) in [4.78, 5) is 13.6. The van der Waals surface area contributed by atoms with Crippen molar-refractivity contribution in [3.63, 3.8) is 0 Å². The summed E-state index contributed by atoms with van der Waals surface area (Å²) in [5.74, 6) is 0.317. The number of imidazole rings is 1. The van der Waals surface area contributed by atoms with Gasteiger partial charge in [-0.25, -0.2) is 14.4 Å². The molecule has 2 aromatic heterocycles. The summed E-state index contributed by atoms with van der Waals surface area (Å²) < 4.78 is 22.3. The molecule has 0 unspecified atom stereocenters. The van der Waals surface area contributed by atoms with Gasteiger partial charge in [-0.1, -0.05) is 0 Å². The lowest BCUT2D eigenvalue weighted by Crippen LogP contribution is -2.15. The highest BCUT2D eigenvalue weighted by Crippen LogP contribution is 2.36. The maximum Gasteiger partial charge on any atom is 0.166 e. The molecule has 3 aromatic rings. The normalized spacial score (nSPS) is 18.6. The number of rotatable bonds is 1. The molecule has 3 heterocycles. The van der Waals surface area contributed by atoms with Crippen molar-refractivity contribution in [2.45, 2.75) is 26.4 Å². The van der Waals surface area contributed by atoms with Gasteiger partial charge >= 0.3 is 0 Å².